The molecule has 0 fully saturated rings. The molecular weight excluding hydrogens is 787 g/mol. The number of pyridine rings is 1. The van der Waals surface area contributed by atoms with Gasteiger partial charge in [0.1, 0.15) is 23.0 Å². The van der Waals surface area contributed by atoms with Crippen molar-refractivity contribution in [3.05, 3.63) is 128 Å². The van der Waals surface area contributed by atoms with E-state index in [-0.39, 0.29) is 36.4 Å². The van der Waals surface area contributed by atoms with Gasteiger partial charge in [0.2, 0.25) is 0 Å². The number of anilines is 1. The fraction of sp³-hybridized carbons (Fsp3) is 0.283. The molecule has 11 nitrogen and oxygen atoms in total. The summed E-state index contributed by atoms with van der Waals surface area (Å²) in [7, 11) is 1.55. The number of hydrogen-bond donors (Lipinski definition) is 1. The van der Waals surface area contributed by atoms with Crippen molar-refractivity contribution in [2.75, 3.05) is 25.2 Å². The molecule has 3 aromatic carbocycles. The van der Waals surface area contributed by atoms with Gasteiger partial charge in [-0.3, -0.25) is 9.78 Å². The molecule has 0 radical (unpaired) electrons. The summed E-state index contributed by atoms with van der Waals surface area (Å²) in [5.74, 6) is 0.323. The number of carbonyl (C=O) groups is 2. The summed E-state index contributed by atoms with van der Waals surface area (Å²) in [5, 5.41) is 13.6. The summed E-state index contributed by atoms with van der Waals surface area (Å²) in [6.45, 7) is 12.4. The molecule has 1 aliphatic heterocycles. The second kappa shape index (κ2) is 15.7. The van der Waals surface area contributed by atoms with Crippen LogP contribution in [-0.2, 0) is 13.0 Å². The number of carboxylic acids is 1. The lowest BCUT2D eigenvalue weighted by Gasteiger charge is -2.34. The Balaban J connectivity index is 1.33. The Morgan fingerprint density at radius 2 is 1.68 bits per heavy atom. The van der Waals surface area contributed by atoms with Gasteiger partial charge in [0.25, 0.3) is 5.91 Å². The number of aryl methyl sites for hydroxylation is 6. The number of ether oxygens (including phenoxy) is 2. The van der Waals surface area contributed by atoms with Gasteiger partial charge in [-0.15, -0.1) is 0 Å². The van der Waals surface area contributed by atoms with E-state index in [1.807, 2.05) is 96.1 Å². The minimum Gasteiger partial charge on any atom is -0.496 e. The fourth-order valence-corrected chi connectivity index (χ4v) is 9.21. The predicted octanol–water partition coefficient (Wildman–Crippen LogP) is 10.3. The van der Waals surface area contributed by atoms with Crippen LogP contribution >= 0.6 is 23.2 Å². The van der Waals surface area contributed by atoms with Crippen LogP contribution < -0.4 is 14.4 Å². The maximum absolute atomic E-state index is 15.6. The Morgan fingerprint density at radius 1 is 0.949 bits per heavy atom. The molecule has 13 heteroatoms. The van der Waals surface area contributed by atoms with Crippen LogP contribution in [0.15, 0.2) is 66.9 Å². The molecule has 5 heterocycles. The highest BCUT2D eigenvalue weighted by atomic mass is 35.5. The van der Waals surface area contributed by atoms with Crippen molar-refractivity contribution < 1.29 is 24.2 Å². The normalized spacial score (nSPS) is 14.0. The molecule has 0 saturated heterocycles. The topological polar surface area (TPSA) is 125 Å². The zero-order valence-corrected chi connectivity index (χ0v) is 35.5. The fourth-order valence-electron chi connectivity index (χ4n) is 8.85. The summed E-state index contributed by atoms with van der Waals surface area (Å²) >= 11 is 13.6. The van der Waals surface area contributed by atoms with Gasteiger partial charge in [0.15, 0.2) is 5.69 Å². The third-order valence-corrected chi connectivity index (χ3v) is 12.1. The quantitative estimate of drug-likeness (QED) is 0.128. The minimum absolute atomic E-state index is 0.0319. The average molecular weight is 832 g/mol. The number of carboxylic acid groups (broad SMARTS) is 1. The van der Waals surface area contributed by atoms with E-state index in [0.29, 0.717) is 63.4 Å². The molecule has 1 aliphatic rings. The third-order valence-electron chi connectivity index (χ3n) is 11.2. The smallest absolute Gasteiger partial charge is 0.354 e. The van der Waals surface area contributed by atoms with Gasteiger partial charge in [-0.25, -0.2) is 14.8 Å². The van der Waals surface area contributed by atoms with Gasteiger partial charge >= 0.3 is 5.97 Å². The second-order valence-electron chi connectivity index (χ2n) is 15.2. The summed E-state index contributed by atoms with van der Waals surface area (Å²) in [6.07, 6.45) is 2.74. The Hall–Kier alpha value is -5.91. The molecule has 59 heavy (non-hydrogen) atoms. The molecule has 8 rings (SSSR count). The van der Waals surface area contributed by atoms with Gasteiger partial charge in [-0.2, -0.15) is 0 Å². The van der Waals surface area contributed by atoms with Crippen molar-refractivity contribution in [1.82, 2.24) is 24.1 Å². The van der Waals surface area contributed by atoms with Crippen molar-refractivity contribution >= 4 is 62.6 Å². The average Bonchev–Trinajstić information content (AvgIpc) is 3.71. The van der Waals surface area contributed by atoms with E-state index in [4.69, 9.17) is 42.6 Å². The van der Waals surface area contributed by atoms with Crippen LogP contribution in [0.2, 0.25) is 10.0 Å². The first kappa shape index (κ1) is 39.9. The van der Waals surface area contributed by atoms with Crippen LogP contribution in [0.5, 0.6) is 11.5 Å². The first-order valence-corrected chi connectivity index (χ1v) is 20.3. The monoisotopic (exact) mass is 830 g/mol. The van der Waals surface area contributed by atoms with Crippen molar-refractivity contribution in [3.63, 3.8) is 0 Å². The molecule has 0 bridgehead atoms. The molecule has 0 spiro atoms. The Kier molecular flexibility index (Phi) is 10.6. The van der Waals surface area contributed by atoms with Gasteiger partial charge in [-0.05, 0) is 114 Å². The number of nitrogens with zero attached hydrogens (tertiary/aromatic N) is 6. The molecular formula is C46H44Cl2N6O5. The number of aromatic nitrogens is 5. The maximum atomic E-state index is 15.6. The highest BCUT2D eigenvalue weighted by Crippen LogP contribution is 2.47. The molecule has 302 valence electrons. The first-order chi connectivity index (χ1) is 28.3. The van der Waals surface area contributed by atoms with Gasteiger partial charge < -0.3 is 28.6 Å². The molecule has 7 aromatic rings. The second-order valence-corrected chi connectivity index (χ2v) is 16.0. The summed E-state index contributed by atoms with van der Waals surface area (Å²) < 4.78 is 15.9. The number of hydrogen-bond acceptors (Lipinski definition) is 7. The van der Waals surface area contributed by atoms with Crippen LogP contribution in [-0.4, -0.2) is 61.3 Å². The molecule has 1 atom stereocenters. The SMILES string of the molecule is COc1cccc2c1c(N1C[C@@H](C)n3c(c(CCCOc4cc(C)c(Cl)c(C)c4)c4ccc(Cl)c(-c5c(C)nc(C)nc5C)c43)C1=O)c(C(=O)O)n2Cc1ccccn1. The third kappa shape index (κ3) is 6.85. The minimum atomic E-state index is -1.18. The van der Waals surface area contributed by atoms with Crippen LogP contribution in [0.4, 0.5) is 5.69 Å². The summed E-state index contributed by atoms with van der Waals surface area (Å²) in [5.41, 5.74) is 8.58. The van der Waals surface area contributed by atoms with Crippen LogP contribution in [0, 0.1) is 34.6 Å². The number of rotatable bonds is 11. The van der Waals surface area contributed by atoms with E-state index in [9.17, 15) is 9.90 Å². The standard InChI is InChI=1S/C46H44Cl2N6O5/c1-24-20-31(21-25(2)40(24)48)59-19-11-13-32-33-16-17-34(47)38(37-27(4)50-29(6)51-28(37)5)41(33)54-26(3)22-53(45(55)42(32)54)43-39-35(14-10-15-36(39)58-7)52(44(43)46(56)57)23-30-12-8-9-18-49-30/h8-10,12,14-18,20-21,26H,11,13,19,22-23H2,1-7H3,(H,56,57)/t26-/m1/s1. The van der Waals surface area contributed by atoms with E-state index in [2.05, 4.69) is 9.55 Å². The number of halogens is 2. The molecule has 4 aromatic heterocycles. The Morgan fingerprint density at radius 3 is 2.34 bits per heavy atom. The Labute approximate surface area is 352 Å². The van der Waals surface area contributed by atoms with Crippen LogP contribution in [0.3, 0.4) is 0 Å². The van der Waals surface area contributed by atoms with E-state index < -0.39 is 5.97 Å². The predicted molar refractivity (Wildman–Crippen MR) is 232 cm³/mol. The molecule has 1 N–H and O–H groups in total. The van der Waals surface area contributed by atoms with Gasteiger partial charge in [0, 0.05) is 51.7 Å². The molecule has 1 amide bonds. The van der Waals surface area contributed by atoms with Crippen LogP contribution in [0.1, 0.15) is 80.0 Å². The lowest BCUT2D eigenvalue weighted by Crippen LogP contribution is -2.43. The van der Waals surface area contributed by atoms with E-state index in [0.717, 1.165) is 55.9 Å². The van der Waals surface area contributed by atoms with Crippen molar-refractivity contribution in [1.29, 1.82) is 0 Å². The van der Waals surface area contributed by atoms with Crippen molar-refractivity contribution in [2.45, 2.75) is 67.0 Å². The lowest BCUT2D eigenvalue weighted by atomic mass is 9.97. The largest absolute Gasteiger partial charge is 0.496 e. The summed E-state index contributed by atoms with van der Waals surface area (Å²) in [4.78, 5) is 44.6. The summed E-state index contributed by atoms with van der Waals surface area (Å²) in [6, 6.07) is 18.3. The van der Waals surface area contributed by atoms with Gasteiger partial charge in [0.05, 0.1) is 53.1 Å². The van der Waals surface area contributed by atoms with E-state index in [1.165, 1.54) is 0 Å². The molecule has 0 aliphatic carbocycles. The lowest BCUT2D eigenvalue weighted by molar-refractivity contribution is 0.0687. The molecule has 0 unspecified atom stereocenters. The highest BCUT2D eigenvalue weighted by molar-refractivity contribution is 6.35. The maximum Gasteiger partial charge on any atom is 0.354 e. The van der Waals surface area contributed by atoms with Crippen LogP contribution in [0.25, 0.3) is 32.9 Å². The van der Waals surface area contributed by atoms with Gasteiger partial charge in [-0.1, -0.05) is 41.4 Å². The Bertz CT molecular complexity index is 2790. The number of aromatic carboxylic acids is 1. The number of methoxy groups -OCH3 is 1. The number of benzene rings is 3. The highest BCUT2D eigenvalue weighted by Gasteiger charge is 2.40. The zero-order chi connectivity index (χ0) is 41.9. The molecule has 0 saturated carbocycles. The zero-order valence-electron chi connectivity index (χ0n) is 34.0. The van der Waals surface area contributed by atoms with E-state index >= 15 is 4.79 Å². The number of amides is 1. The first-order valence-electron chi connectivity index (χ1n) is 19.5. The number of carbonyl (C=O) groups excluding carboxylic acids is 1. The van der Waals surface area contributed by atoms with Crippen molar-refractivity contribution in [2.24, 2.45) is 0 Å². The number of fused-ring (bicyclic) bond motifs is 4. The van der Waals surface area contributed by atoms with E-state index in [1.54, 1.807) is 28.8 Å². The van der Waals surface area contributed by atoms with Crippen molar-refractivity contribution in [3.8, 4) is 22.6 Å².